The van der Waals surface area contributed by atoms with Crippen LogP contribution in [0.4, 0.5) is 0 Å². The van der Waals surface area contributed by atoms with E-state index in [4.69, 9.17) is 15.2 Å². The van der Waals surface area contributed by atoms with E-state index in [1.54, 1.807) is 7.11 Å². The van der Waals surface area contributed by atoms with Crippen molar-refractivity contribution in [2.45, 2.75) is 25.8 Å². The molecule has 1 heterocycles. The maximum atomic E-state index is 12.0. The number of ether oxygens (including phenoxy) is 2. The number of carbonyl (C=O) groups excluding carboxylic acids is 1. The van der Waals surface area contributed by atoms with Gasteiger partial charge in [0.2, 0.25) is 5.91 Å². The lowest BCUT2D eigenvalue weighted by molar-refractivity contribution is -0.136. The number of nitrogens with two attached hydrogens (primary N) is 1. The predicted molar refractivity (Wildman–Crippen MR) is 65.6 cm³/mol. The highest BCUT2D eigenvalue weighted by molar-refractivity contribution is 5.81. The van der Waals surface area contributed by atoms with Gasteiger partial charge < -0.3 is 20.1 Å². The van der Waals surface area contributed by atoms with Gasteiger partial charge in [0.05, 0.1) is 13.2 Å². The van der Waals surface area contributed by atoms with Gasteiger partial charge >= 0.3 is 0 Å². The highest BCUT2D eigenvalue weighted by atomic mass is 16.5. The molecule has 5 heteroatoms. The van der Waals surface area contributed by atoms with Gasteiger partial charge in [0.25, 0.3) is 0 Å². The van der Waals surface area contributed by atoms with Crippen molar-refractivity contribution in [1.29, 1.82) is 0 Å². The summed E-state index contributed by atoms with van der Waals surface area (Å²) in [4.78, 5) is 13.8. The molecule has 0 aromatic carbocycles. The van der Waals surface area contributed by atoms with Crippen LogP contribution in [0.3, 0.4) is 0 Å². The Bertz CT molecular complexity index is 236. The molecule has 0 saturated carbocycles. The van der Waals surface area contributed by atoms with Crippen LogP contribution >= 0.6 is 0 Å². The smallest absolute Gasteiger partial charge is 0.241 e. The molecular formula is C12H24N2O3. The van der Waals surface area contributed by atoms with Crippen LogP contribution in [0.25, 0.3) is 0 Å². The van der Waals surface area contributed by atoms with Gasteiger partial charge in [-0.2, -0.15) is 0 Å². The molecule has 1 rings (SSSR count). The molecule has 0 aromatic rings. The predicted octanol–water partition coefficient (Wildman–Crippen LogP) is 0.235. The lowest BCUT2D eigenvalue weighted by Crippen LogP contribution is -2.50. The van der Waals surface area contributed by atoms with Gasteiger partial charge in [-0.3, -0.25) is 4.79 Å². The van der Waals surface area contributed by atoms with E-state index in [2.05, 4.69) is 0 Å². The number of likely N-dealkylation sites (tertiary alicyclic amines) is 1. The van der Waals surface area contributed by atoms with Gasteiger partial charge in [-0.15, -0.1) is 0 Å². The highest BCUT2D eigenvalue weighted by Gasteiger charge is 2.26. The normalized spacial score (nSPS) is 22.5. The fraction of sp³-hybridized carbons (Fsp3) is 0.917. The topological polar surface area (TPSA) is 64.8 Å². The lowest BCUT2D eigenvalue weighted by Gasteiger charge is -2.34. The minimum atomic E-state index is -0.536. The van der Waals surface area contributed by atoms with E-state index < -0.39 is 6.04 Å². The Hall–Kier alpha value is -0.650. The molecule has 1 aliphatic rings. The van der Waals surface area contributed by atoms with E-state index in [1.807, 2.05) is 11.8 Å². The summed E-state index contributed by atoms with van der Waals surface area (Å²) in [6, 6.07) is -0.536. The van der Waals surface area contributed by atoms with Crippen molar-refractivity contribution < 1.29 is 14.3 Å². The molecule has 100 valence electrons. The molecule has 2 unspecified atom stereocenters. The van der Waals surface area contributed by atoms with Crippen molar-refractivity contribution in [2.75, 3.05) is 40.0 Å². The zero-order valence-electron chi connectivity index (χ0n) is 10.9. The van der Waals surface area contributed by atoms with E-state index >= 15 is 0 Å². The number of hydrogen-bond donors (Lipinski definition) is 1. The molecule has 0 aliphatic carbocycles. The van der Waals surface area contributed by atoms with Gasteiger partial charge in [0.1, 0.15) is 6.04 Å². The summed E-state index contributed by atoms with van der Waals surface area (Å²) in [5.41, 5.74) is 5.76. The third-order valence-corrected chi connectivity index (χ3v) is 3.05. The Morgan fingerprint density at radius 1 is 1.59 bits per heavy atom. The first kappa shape index (κ1) is 14.4. The number of rotatable bonds is 6. The van der Waals surface area contributed by atoms with Crippen molar-refractivity contribution in [2.24, 2.45) is 11.7 Å². The van der Waals surface area contributed by atoms with Crippen molar-refractivity contribution >= 4 is 5.91 Å². The number of amides is 1. The molecule has 1 aliphatic heterocycles. The monoisotopic (exact) mass is 244 g/mol. The quantitative estimate of drug-likeness (QED) is 0.726. The Kier molecular flexibility index (Phi) is 6.47. The molecule has 0 aromatic heterocycles. The molecule has 5 nitrogen and oxygen atoms in total. The molecule has 2 N–H and O–H groups in total. The molecule has 0 radical (unpaired) electrons. The first-order valence-electron chi connectivity index (χ1n) is 6.30. The summed E-state index contributed by atoms with van der Waals surface area (Å²) in [6.45, 7) is 5.30. The molecule has 1 amide bonds. The molecule has 1 fully saturated rings. The Balaban J connectivity index is 2.39. The molecular weight excluding hydrogens is 220 g/mol. The van der Waals surface area contributed by atoms with Crippen LogP contribution in [0.15, 0.2) is 0 Å². The van der Waals surface area contributed by atoms with E-state index in [1.165, 1.54) is 0 Å². The Morgan fingerprint density at radius 2 is 2.35 bits per heavy atom. The van der Waals surface area contributed by atoms with Gasteiger partial charge in [-0.25, -0.2) is 0 Å². The fourth-order valence-electron chi connectivity index (χ4n) is 2.17. The number of nitrogens with zero attached hydrogens (tertiary/aromatic N) is 1. The number of methoxy groups -OCH3 is 1. The van der Waals surface area contributed by atoms with Crippen LogP contribution in [-0.4, -0.2) is 56.9 Å². The third-order valence-electron chi connectivity index (χ3n) is 3.05. The summed E-state index contributed by atoms with van der Waals surface area (Å²) >= 11 is 0. The van der Waals surface area contributed by atoms with Crippen LogP contribution in [0.1, 0.15) is 19.8 Å². The molecule has 0 bridgehead atoms. The average molecular weight is 244 g/mol. The zero-order valence-corrected chi connectivity index (χ0v) is 10.9. The average Bonchev–Trinajstić information content (AvgIpc) is 2.36. The van der Waals surface area contributed by atoms with Gasteiger partial charge in [-0.05, 0) is 25.7 Å². The van der Waals surface area contributed by atoms with Crippen LogP contribution < -0.4 is 5.73 Å². The maximum absolute atomic E-state index is 12.0. The SMILES string of the molecule is CCOCC1CCCN(C(=O)C(N)COC)C1. The Labute approximate surface area is 103 Å². The van der Waals surface area contributed by atoms with Crippen LogP contribution in [0.2, 0.25) is 0 Å². The van der Waals surface area contributed by atoms with E-state index in [0.29, 0.717) is 5.92 Å². The number of piperidine rings is 1. The molecule has 0 spiro atoms. The van der Waals surface area contributed by atoms with Crippen molar-refractivity contribution in [3.63, 3.8) is 0 Å². The molecule has 1 saturated heterocycles. The third kappa shape index (κ3) is 4.61. The van der Waals surface area contributed by atoms with Crippen molar-refractivity contribution in [3.05, 3.63) is 0 Å². The van der Waals surface area contributed by atoms with Gasteiger partial charge in [0, 0.05) is 26.8 Å². The van der Waals surface area contributed by atoms with Crippen LogP contribution in [-0.2, 0) is 14.3 Å². The zero-order chi connectivity index (χ0) is 12.7. The summed E-state index contributed by atoms with van der Waals surface area (Å²) < 4.78 is 10.3. The van der Waals surface area contributed by atoms with Gasteiger partial charge in [0.15, 0.2) is 0 Å². The van der Waals surface area contributed by atoms with E-state index in [0.717, 1.165) is 39.1 Å². The van der Waals surface area contributed by atoms with Gasteiger partial charge in [-0.1, -0.05) is 0 Å². The van der Waals surface area contributed by atoms with Crippen LogP contribution in [0.5, 0.6) is 0 Å². The molecule has 2 atom stereocenters. The summed E-state index contributed by atoms with van der Waals surface area (Å²) in [5, 5.41) is 0. The summed E-state index contributed by atoms with van der Waals surface area (Å²) in [7, 11) is 1.56. The maximum Gasteiger partial charge on any atom is 0.241 e. The highest BCUT2D eigenvalue weighted by Crippen LogP contribution is 2.17. The summed E-state index contributed by atoms with van der Waals surface area (Å²) in [6.07, 6.45) is 2.16. The first-order valence-corrected chi connectivity index (χ1v) is 6.30. The van der Waals surface area contributed by atoms with Crippen molar-refractivity contribution in [1.82, 2.24) is 4.90 Å². The lowest BCUT2D eigenvalue weighted by atomic mass is 9.98. The standard InChI is InChI=1S/C12H24N2O3/c1-3-17-8-10-5-4-6-14(7-10)12(15)11(13)9-16-2/h10-11H,3-9,13H2,1-2H3. The fourth-order valence-corrected chi connectivity index (χ4v) is 2.17. The second-order valence-corrected chi connectivity index (χ2v) is 4.51. The van der Waals surface area contributed by atoms with Crippen LogP contribution in [0, 0.1) is 5.92 Å². The number of carbonyl (C=O) groups is 1. The number of hydrogen-bond acceptors (Lipinski definition) is 4. The largest absolute Gasteiger partial charge is 0.383 e. The van der Waals surface area contributed by atoms with Crippen molar-refractivity contribution in [3.8, 4) is 0 Å². The minimum Gasteiger partial charge on any atom is -0.383 e. The minimum absolute atomic E-state index is 0.00644. The second-order valence-electron chi connectivity index (χ2n) is 4.51. The van der Waals surface area contributed by atoms with E-state index in [9.17, 15) is 4.79 Å². The molecule has 17 heavy (non-hydrogen) atoms. The van der Waals surface area contributed by atoms with E-state index in [-0.39, 0.29) is 12.5 Å². The Morgan fingerprint density at radius 3 is 3.00 bits per heavy atom. The summed E-state index contributed by atoms with van der Waals surface area (Å²) in [5.74, 6) is 0.440. The first-order chi connectivity index (χ1) is 8.19. The second kappa shape index (κ2) is 7.63.